The van der Waals surface area contributed by atoms with Gasteiger partial charge < -0.3 is 14.8 Å². The average molecular weight is 231 g/mol. The van der Waals surface area contributed by atoms with E-state index in [1.807, 2.05) is 6.92 Å². The summed E-state index contributed by atoms with van der Waals surface area (Å²) in [4.78, 5) is 22.1. The molecule has 16 heavy (non-hydrogen) atoms. The van der Waals surface area contributed by atoms with Crippen LogP contribution in [-0.2, 0) is 14.3 Å². The SMILES string of the molecule is CCCC(=O)OCCNC(=O)OC(C)(C)C. The van der Waals surface area contributed by atoms with Crippen molar-refractivity contribution in [2.24, 2.45) is 0 Å². The van der Waals surface area contributed by atoms with Gasteiger partial charge >= 0.3 is 12.1 Å². The smallest absolute Gasteiger partial charge is 0.407 e. The van der Waals surface area contributed by atoms with Crippen LogP contribution in [0.4, 0.5) is 4.79 Å². The molecule has 0 atom stereocenters. The molecule has 0 rings (SSSR count). The van der Waals surface area contributed by atoms with Crippen LogP contribution >= 0.6 is 0 Å². The molecule has 5 heteroatoms. The first-order valence-corrected chi connectivity index (χ1v) is 5.47. The molecule has 0 bridgehead atoms. The molecule has 0 spiro atoms. The second-order valence-corrected chi connectivity index (χ2v) is 4.40. The van der Waals surface area contributed by atoms with E-state index in [0.717, 1.165) is 6.42 Å². The predicted octanol–water partition coefficient (Wildman–Crippen LogP) is 1.85. The van der Waals surface area contributed by atoms with Crippen molar-refractivity contribution in [2.45, 2.75) is 46.1 Å². The lowest BCUT2D eigenvalue weighted by Crippen LogP contribution is -2.34. The summed E-state index contributed by atoms with van der Waals surface area (Å²) in [5.74, 6) is -0.242. The van der Waals surface area contributed by atoms with Crippen molar-refractivity contribution in [3.8, 4) is 0 Å². The number of carbonyl (C=O) groups excluding carboxylic acids is 2. The minimum atomic E-state index is -0.511. The zero-order valence-corrected chi connectivity index (χ0v) is 10.5. The second-order valence-electron chi connectivity index (χ2n) is 4.40. The number of hydrogen-bond donors (Lipinski definition) is 1. The number of alkyl carbamates (subject to hydrolysis) is 1. The van der Waals surface area contributed by atoms with Gasteiger partial charge in [0.05, 0.1) is 6.54 Å². The minimum Gasteiger partial charge on any atom is -0.464 e. The normalized spacial score (nSPS) is 10.8. The highest BCUT2D eigenvalue weighted by Gasteiger charge is 2.15. The van der Waals surface area contributed by atoms with Crippen LogP contribution in [0.25, 0.3) is 0 Å². The van der Waals surface area contributed by atoms with Crippen LogP contribution in [0.5, 0.6) is 0 Å². The van der Waals surface area contributed by atoms with Gasteiger partial charge in [-0.2, -0.15) is 0 Å². The summed E-state index contributed by atoms with van der Waals surface area (Å²) in [5, 5.41) is 2.50. The lowest BCUT2D eigenvalue weighted by atomic mass is 10.2. The van der Waals surface area contributed by atoms with Crippen LogP contribution in [0.2, 0.25) is 0 Å². The topological polar surface area (TPSA) is 64.6 Å². The number of ether oxygens (including phenoxy) is 2. The maximum atomic E-state index is 11.2. The highest BCUT2D eigenvalue weighted by molar-refractivity contribution is 5.69. The van der Waals surface area contributed by atoms with Gasteiger partial charge in [-0.25, -0.2) is 4.79 Å². The zero-order valence-electron chi connectivity index (χ0n) is 10.5. The summed E-state index contributed by atoms with van der Waals surface area (Å²) < 4.78 is 9.86. The van der Waals surface area contributed by atoms with E-state index in [1.165, 1.54) is 0 Å². The minimum absolute atomic E-state index is 0.179. The van der Waals surface area contributed by atoms with E-state index in [0.29, 0.717) is 6.42 Å². The molecular formula is C11H21NO4. The van der Waals surface area contributed by atoms with Gasteiger partial charge in [0.1, 0.15) is 12.2 Å². The molecule has 0 unspecified atom stereocenters. The number of rotatable bonds is 5. The molecular weight excluding hydrogens is 210 g/mol. The third kappa shape index (κ3) is 9.30. The van der Waals surface area contributed by atoms with Crippen molar-refractivity contribution in [2.75, 3.05) is 13.2 Å². The van der Waals surface area contributed by atoms with Gasteiger partial charge in [-0.05, 0) is 27.2 Å². The molecule has 0 radical (unpaired) electrons. The molecule has 0 aromatic heterocycles. The van der Waals surface area contributed by atoms with Crippen molar-refractivity contribution in [1.82, 2.24) is 5.32 Å². The highest BCUT2D eigenvalue weighted by Crippen LogP contribution is 2.06. The molecule has 94 valence electrons. The Hall–Kier alpha value is -1.26. The molecule has 0 aromatic carbocycles. The molecule has 0 heterocycles. The fourth-order valence-electron chi connectivity index (χ4n) is 0.908. The quantitative estimate of drug-likeness (QED) is 0.579. The first kappa shape index (κ1) is 14.7. The fraction of sp³-hybridized carbons (Fsp3) is 0.818. The summed E-state index contributed by atoms with van der Waals surface area (Å²) >= 11 is 0. The van der Waals surface area contributed by atoms with Crippen molar-refractivity contribution < 1.29 is 19.1 Å². The summed E-state index contributed by atoms with van der Waals surface area (Å²) in [6.45, 7) is 7.71. The van der Waals surface area contributed by atoms with Crippen molar-refractivity contribution in [1.29, 1.82) is 0 Å². The first-order chi connectivity index (χ1) is 7.35. The van der Waals surface area contributed by atoms with Gasteiger partial charge in [0.25, 0.3) is 0 Å². The number of amides is 1. The average Bonchev–Trinajstić information content (AvgIpc) is 2.10. The van der Waals surface area contributed by atoms with E-state index in [4.69, 9.17) is 9.47 Å². The molecule has 1 amide bonds. The lowest BCUT2D eigenvalue weighted by Gasteiger charge is -2.19. The number of nitrogens with one attached hydrogen (secondary N) is 1. The Morgan fingerprint density at radius 2 is 1.88 bits per heavy atom. The van der Waals surface area contributed by atoms with Crippen LogP contribution in [0.3, 0.4) is 0 Å². The van der Waals surface area contributed by atoms with E-state index in [1.54, 1.807) is 20.8 Å². The zero-order chi connectivity index (χ0) is 12.6. The Kier molecular flexibility index (Phi) is 6.53. The summed E-state index contributed by atoms with van der Waals surface area (Å²) in [6, 6.07) is 0. The molecule has 0 aliphatic rings. The van der Waals surface area contributed by atoms with Gasteiger partial charge in [0.2, 0.25) is 0 Å². The molecule has 0 saturated carbocycles. The molecule has 0 aliphatic carbocycles. The van der Waals surface area contributed by atoms with E-state index in [9.17, 15) is 9.59 Å². The Morgan fingerprint density at radius 3 is 2.38 bits per heavy atom. The number of carbonyl (C=O) groups is 2. The van der Waals surface area contributed by atoms with E-state index in [2.05, 4.69) is 5.32 Å². The summed E-state index contributed by atoms with van der Waals surface area (Å²) in [7, 11) is 0. The van der Waals surface area contributed by atoms with Crippen molar-refractivity contribution in [3.63, 3.8) is 0 Å². The molecule has 0 saturated heterocycles. The number of esters is 1. The standard InChI is InChI=1S/C11H21NO4/c1-5-6-9(13)15-8-7-12-10(14)16-11(2,3)4/h5-8H2,1-4H3,(H,12,14). The van der Waals surface area contributed by atoms with Crippen LogP contribution < -0.4 is 5.32 Å². The largest absolute Gasteiger partial charge is 0.464 e. The van der Waals surface area contributed by atoms with Crippen molar-refractivity contribution >= 4 is 12.1 Å². The van der Waals surface area contributed by atoms with Gasteiger partial charge in [-0.15, -0.1) is 0 Å². The maximum absolute atomic E-state index is 11.2. The third-order valence-corrected chi connectivity index (χ3v) is 1.49. The van der Waals surface area contributed by atoms with Crippen molar-refractivity contribution in [3.05, 3.63) is 0 Å². The van der Waals surface area contributed by atoms with Gasteiger partial charge in [-0.3, -0.25) is 4.79 Å². The first-order valence-electron chi connectivity index (χ1n) is 5.47. The summed E-state index contributed by atoms with van der Waals surface area (Å²) in [5.41, 5.74) is -0.511. The Bertz CT molecular complexity index is 233. The Morgan fingerprint density at radius 1 is 1.25 bits per heavy atom. The van der Waals surface area contributed by atoms with Crippen LogP contribution in [0, 0.1) is 0 Å². The van der Waals surface area contributed by atoms with E-state index in [-0.39, 0.29) is 19.1 Å². The van der Waals surface area contributed by atoms with Gasteiger partial charge in [-0.1, -0.05) is 6.92 Å². The van der Waals surface area contributed by atoms with Gasteiger partial charge in [0, 0.05) is 6.42 Å². The van der Waals surface area contributed by atoms with E-state index >= 15 is 0 Å². The number of hydrogen-bond acceptors (Lipinski definition) is 4. The molecule has 1 N–H and O–H groups in total. The molecule has 0 aromatic rings. The van der Waals surface area contributed by atoms with E-state index < -0.39 is 11.7 Å². The molecule has 5 nitrogen and oxygen atoms in total. The lowest BCUT2D eigenvalue weighted by molar-refractivity contribution is -0.143. The van der Waals surface area contributed by atoms with Crippen LogP contribution in [-0.4, -0.2) is 30.8 Å². The second kappa shape index (κ2) is 7.09. The highest BCUT2D eigenvalue weighted by atomic mass is 16.6. The Labute approximate surface area is 96.5 Å². The third-order valence-electron chi connectivity index (χ3n) is 1.49. The predicted molar refractivity (Wildman–Crippen MR) is 60.1 cm³/mol. The van der Waals surface area contributed by atoms with Crippen LogP contribution in [0.15, 0.2) is 0 Å². The van der Waals surface area contributed by atoms with Crippen LogP contribution in [0.1, 0.15) is 40.5 Å². The fourth-order valence-corrected chi connectivity index (χ4v) is 0.908. The molecule has 0 aliphatic heterocycles. The van der Waals surface area contributed by atoms with Gasteiger partial charge in [0.15, 0.2) is 0 Å². The maximum Gasteiger partial charge on any atom is 0.407 e. The summed E-state index contributed by atoms with van der Waals surface area (Å²) in [6.07, 6.45) is 0.671. The monoisotopic (exact) mass is 231 g/mol. The molecule has 0 fully saturated rings. The Balaban J connectivity index is 3.52.